The summed E-state index contributed by atoms with van der Waals surface area (Å²) in [6, 6.07) is -1.14. The Morgan fingerprint density at radius 2 is 2.29 bits per heavy atom. The van der Waals surface area contributed by atoms with Crippen molar-refractivity contribution in [1.29, 1.82) is 0 Å². The molecule has 6 nitrogen and oxygen atoms in total. The number of piperidine rings is 1. The number of carbonyl (C=O) groups excluding carboxylic acids is 2. The molecule has 0 spiro atoms. The highest BCUT2D eigenvalue weighted by Crippen LogP contribution is 2.12. The highest BCUT2D eigenvalue weighted by atomic mass is 16.2. The zero-order valence-electron chi connectivity index (χ0n) is 10.5. The molecule has 0 saturated carbocycles. The van der Waals surface area contributed by atoms with Crippen LogP contribution in [0.3, 0.4) is 0 Å². The van der Waals surface area contributed by atoms with Gasteiger partial charge in [0.1, 0.15) is 0 Å². The summed E-state index contributed by atoms with van der Waals surface area (Å²) < 4.78 is 0. The molecule has 1 aliphatic heterocycles. The van der Waals surface area contributed by atoms with Gasteiger partial charge in [0, 0.05) is 6.54 Å². The van der Waals surface area contributed by atoms with E-state index in [1.807, 2.05) is 11.9 Å². The average molecular weight is 242 g/mol. The summed E-state index contributed by atoms with van der Waals surface area (Å²) in [5.41, 5.74) is 4.92. The van der Waals surface area contributed by atoms with Crippen LogP contribution in [0, 0.1) is 5.92 Å². The van der Waals surface area contributed by atoms with E-state index >= 15 is 0 Å². The number of hydrogen-bond donors (Lipinski definition) is 3. The second-order valence-electron chi connectivity index (χ2n) is 4.68. The summed E-state index contributed by atoms with van der Waals surface area (Å²) in [5.74, 6) is 0.223. The van der Waals surface area contributed by atoms with Crippen LogP contribution in [0.4, 0.5) is 4.79 Å². The first-order chi connectivity index (χ1) is 8.00. The topological polar surface area (TPSA) is 87.5 Å². The minimum absolute atomic E-state index is 0.343. The van der Waals surface area contributed by atoms with Crippen LogP contribution in [0.1, 0.15) is 19.8 Å². The van der Waals surface area contributed by atoms with Gasteiger partial charge in [-0.1, -0.05) is 0 Å². The molecule has 6 heteroatoms. The molecule has 0 aliphatic carbocycles. The minimum atomic E-state index is -0.797. The normalized spacial score (nSPS) is 22.2. The predicted molar refractivity (Wildman–Crippen MR) is 65.4 cm³/mol. The van der Waals surface area contributed by atoms with Crippen molar-refractivity contribution >= 4 is 11.9 Å². The Morgan fingerprint density at radius 3 is 2.82 bits per heavy atom. The van der Waals surface area contributed by atoms with Gasteiger partial charge in [-0.2, -0.15) is 0 Å². The lowest BCUT2D eigenvalue weighted by atomic mass is 9.99. The molecule has 2 unspecified atom stereocenters. The highest BCUT2D eigenvalue weighted by molar-refractivity contribution is 5.96. The van der Waals surface area contributed by atoms with Crippen LogP contribution in [-0.4, -0.2) is 49.6 Å². The zero-order valence-corrected chi connectivity index (χ0v) is 10.5. The molecule has 17 heavy (non-hydrogen) atoms. The van der Waals surface area contributed by atoms with Crippen LogP contribution in [0.5, 0.6) is 0 Å². The molecule has 1 aliphatic rings. The highest BCUT2D eigenvalue weighted by Gasteiger charge is 2.22. The van der Waals surface area contributed by atoms with Gasteiger partial charge in [0.05, 0.1) is 6.04 Å². The summed E-state index contributed by atoms with van der Waals surface area (Å²) in [5, 5.41) is 5.44. The van der Waals surface area contributed by atoms with Crippen LogP contribution in [0.15, 0.2) is 0 Å². The second-order valence-corrected chi connectivity index (χ2v) is 4.68. The van der Waals surface area contributed by atoms with Gasteiger partial charge < -0.3 is 11.1 Å². The van der Waals surface area contributed by atoms with Crippen molar-refractivity contribution in [2.45, 2.75) is 25.8 Å². The van der Waals surface area contributed by atoms with E-state index in [0.29, 0.717) is 5.92 Å². The third-order valence-electron chi connectivity index (χ3n) is 3.23. The molecule has 98 valence electrons. The molecule has 0 aromatic carbocycles. The Bertz CT molecular complexity index is 277. The molecule has 0 bridgehead atoms. The molecule has 2 atom stereocenters. The summed E-state index contributed by atoms with van der Waals surface area (Å²) in [6.07, 6.45) is 2.36. The molecule has 1 fully saturated rings. The van der Waals surface area contributed by atoms with Crippen molar-refractivity contribution in [2.24, 2.45) is 11.7 Å². The maximum atomic E-state index is 11.6. The molecule has 1 heterocycles. The van der Waals surface area contributed by atoms with Crippen molar-refractivity contribution in [3.05, 3.63) is 0 Å². The zero-order chi connectivity index (χ0) is 12.8. The first-order valence-electron chi connectivity index (χ1n) is 6.02. The Kier molecular flexibility index (Phi) is 5.37. The molecule has 1 saturated heterocycles. The fourth-order valence-electron chi connectivity index (χ4n) is 2.07. The van der Waals surface area contributed by atoms with E-state index in [0.717, 1.165) is 19.6 Å². The van der Waals surface area contributed by atoms with E-state index in [9.17, 15) is 9.59 Å². The van der Waals surface area contributed by atoms with Crippen molar-refractivity contribution in [2.75, 3.05) is 26.7 Å². The quantitative estimate of drug-likeness (QED) is 0.620. The van der Waals surface area contributed by atoms with E-state index in [-0.39, 0.29) is 11.9 Å². The van der Waals surface area contributed by atoms with Crippen LogP contribution in [0.25, 0.3) is 0 Å². The summed E-state index contributed by atoms with van der Waals surface area (Å²) in [6.45, 7) is 4.70. The molecule has 0 aromatic heterocycles. The molecule has 3 amide bonds. The van der Waals surface area contributed by atoms with Gasteiger partial charge in [0.2, 0.25) is 5.91 Å². The molecular formula is C11H22N4O2. The monoisotopic (exact) mass is 242 g/mol. The van der Waals surface area contributed by atoms with Crippen LogP contribution in [-0.2, 0) is 4.79 Å². The van der Waals surface area contributed by atoms with Crippen LogP contribution >= 0.6 is 0 Å². The number of nitrogens with one attached hydrogen (secondary N) is 2. The van der Waals surface area contributed by atoms with E-state index < -0.39 is 6.03 Å². The Morgan fingerprint density at radius 1 is 1.59 bits per heavy atom. The largest absolute Gasteiger partial charge is 0.351 e. The lowest BCUT2D eigenvalue weighted by Gasteiger charge is -2.30. The first-order valence-corrected chi connectivity index (χ1v) is 6.02. The number of imide groups is 1. The maximum absolute atomic E-state index is 11.6. The summed E-state index contributed by atoms with van der Waals surface area (Å²) >= 11 is 0. The summed E-state index contributed by atoms with van der Waals surface area (Å²) in [7, 11) is 1.89. The van der Waals surface area contributed by atoms with Gasteiger partial charge in [-0.15, -0.1) is 0 Å². The third kappa shape index (κ3) is 4.70. The first kappa shape index (κ1) is 13.9. The maximum Gasteiger partial charge on any atom is 0.318 e. The summed E-state index contributed by atoms with van der Waals surface area (Å²) in [4.78, 5) is 24.1. The lowest BCUT2D eigenvalue weighted by molar-refractivity contribution is -0.124. The Hall–Kier alpha value is -1.14. The number of hydrogen-bond acceptors (Lipinski definition) is 4. The molecule has 1 rings (SSSR count). The van der Waals surface area contributed by atoms with E-state index in [4.69, 9.17) is 5.73 Å². The van der Waals surface area contributed by atoms with Crippen molar-refractivity contribution < 1.29 is 9.59 Å². The van der Waals surface area contributed by atoms with Gasteiger partial charge in [0.15, 0.2) is 0 Å². The lowest BCUT2D eigenvalue weighted by Crippen LogP contribution is -2.49. The van der Waals surface area contributed by atoms with E-state index in [1.54, 1.807) is 6.92 Å². The predicted octanol–water partition coefficient (Wildman–Crippen LogP) is -0.499. The Labute approximate surface area is 102 Å². The number of nitrogens with zero attached hydrogens (tertiary/aromatic N) is 1. The van der Waals surface area contributed by atoms with Crippen molar-refractivity contribution in [3.8, 4) is 0 Å². The van der Waals surface area contributed by atoms with Crippen molar-refractivity contribution in [3.63, 3.8) is 0 Å². The second kappa shape index (κ2) is 6.56. The molecule has 0 radical (unpaired) electrons. The van der Waals surface area contributed by atoms with E-state index in [2.05, 4.69) is 10.6 Å². The number of primary amides is 1. The average Bonchev–Trinajstić information content (AvgIpc) is 2.28. The fraction of sp³-hybridized carbons (Fsp3) is 0.818. The number of likely N-dealkylation sites (N-methyl/N-ethyl adjacent to an activating group) is 1. The number of amides is 3. The van der Waals surface area contributed by atoms with E-state index in [1.165, 1.54) is 12.8 Å². The Balaban J connectivity index is 2.37. The fourth-order valence-corrected chi connectivity index (χ4v) is 2.07. The number of carbonyl (C=O) groups is 2. The van der Waals surface area contributed by atoms with Gasteiger partial charge in [-0.05, 0) is 45.8 Å². The number of rotatable bonds is 4. The molecule has 0 aromatic rings. The van der Waals surface area contributed by atoms with Gasteiger partial charge in [0.25, 0.3) is 0 Å². The molecule has 4 N–H and O–H groups in total. The third-order valence-corrected chi connectivity index (χ3v) is 3.23. The van der Waals surface area contributed by atoms with Gasteiger partial charge >= 0.3 is 6.03 Å². The molecular weight excluding hydrogens is 220 g/mol. The number of urea groups is 1. The van der Waals surface area contributed by atoms with Gasteiger partial charge in [-0.3, -0.25) is 15.0 Å². The minimum Gasteiger partial charge on any atom is -0.351 e. The van der Waals surface area contributed by atoms with Gasteiger partial charge in [-0.25, -0.2) is 4.79 Å². The van der Waals surface area contributed by atoms with Crippen LogP contribution < -0.4 is 16.4 Å². The van der Waals surface area contributed by atoms with Crippen LogP contribution in [0.2, 0.25) is 0 Å². The van der Waals surface area contributed by atoms with Crippen molar-refractivity contribution in [1.82, 2.24) is 15.5 Å². The smallest absolute Gasteiger partial charge is 0.318 e. The standard InChI is InChI=1S/C11H22N4O2/c1-8(10(16)14-11(12)17)15(2)7-9-4-3-5-13-6-9/h8-9,13H,3-7H2,1-2H3,(H3,12,14,16,17). The number of nitrogens with two attached hydrogens (primary N) is 1. The SMILES string of the molecule is CC(C(=O)NC(N)=O)N(C)CC1CCCNC1.